The molecule has 1 aromatic heterocycles. The van der Waals surface area contributed by atoms with Crippen LogP contribution in [0.2, 0.25) is 0 Å². The summed E-state index contributed by atoms with van der Waals surface area (Å²) in [4.78, 5) is 4.22. The van der Waals surface area contributed by atoms with Crippen molar-refractivity contribution in [1.82, 2.24) is 14.9 Å². The Morgan fingerprint density at radius 1 is 1.75 bits per heavy atom. The molecular weight excluding hydrogens is 150 g/mol. The van der Waals surface area contributed by atoms with Crippen LogP contribution in [0.3, 0.4) is 0 Å². The quantitative estimate of drug-likeness (QED) is 0.518. The smallest absolute Gasteiger partial charge is 0.122 e. The van der Waals surface area contributed by atoms with E-state index < -0.39 is 0 Å². The Bertz CT molecular complexity index is 293. The maximum Gasteiger partial charge on any atom is 0.122 e. The second-order valence-corrected chi connectivity index (χ2v) is 2.68. The summed E-state index contributed by atoms with van der Waals surface area (Å²) < 4.78 is 2.05. The fourth-order valence-electron chi connectivity index (χ4n) is 0.955. The molecule has 0 amide bonds. The van der Waals surface area contributed by atoms with E-state index in [-0.39, 0.29) is 0 Å². The van der Waals surface area contributed by atoms with Crippen LogP contribution < -0.4 is 5.32 Å². The largest absolute Gasteiger partial charge is 0.334 e. The van der Waals surface area contributed by atoms with E-state index in [1.54, 1.807) is 0 Å². The van der Waals surface area contributed by atoms with Crippen molar-refractivity contribution in [2.24, 2.45) is 7.05 Å². The van der Waals surface area contributed by atoms with Gasteiger partial charge in [-0.3, -0.25) is 5.32 Å². The maximum atomic E-state index is 5.10. The fourth-order valence-corrected chi connectivity index (χ4v) is 0.955. The van der Waals surface area contributed by atoms with Gasteiger partial charge < -0.3 is 4.57 Å². The summed E-state index contributed by atoms with van der Waals surface area (Å²) in [6.07, 6.45) is 6.95. The third-order valence-corrected chi connectivity index (χ3v) is 1.83. The third kappa shape index (κ3) is 1.86. The molecule has 0 aliphatic rings. The number of rotatable bonds is 3. The van der Waals surface area contributed by atoms with E-state index in [0.29, 0.717) is 6.54 Å². The molecule has 0 aliphatic heterocycles. The zero-order valence-corrected chi connectivity index (χ0v) is 7.46. The Hall–Kier alpha value is -1.27. The van der Waals surface area contributed by atoms with Crippen molar-refractivity contribution in [2.45, 2.75) is 13.5 Å². The molecule has 0 unspecified atom stereocenters. The highest BCUT2D eigenvalue weighted by atomic mass is 15.1. The van der Waals surface area contributed by atoms with Gasteiger partial charge in [-0.05, 0) is 6.92 Å². The Morgan fingerprint density at radius 3 is 3.00 bits per heavy atom. The first-order valence-corrected chi connectivity index (χ1v) is 3.87. The predicted octanol–water partition coefficient (Wildman–Crippen LogP) is 0.451. The molecule has 1 rings (SSSR count). The van der Waals surface area contributed by atoms with Gasteiger partial charge in [-0.25, -0.2) is 4.98 Å². The van der Waals surface area contributed by atoms with Crippen LogP contribution >= 0.6 is 0 Å². The van der Waals surface area contributed by atoms with Gasteiger partial charge in [-0.1, -0.05) is 5.92 Å². The second kappa shape index (κ2) is 3.93. The van der Waals surface area contributed by atoms with Gasteiger partial charge in [0.05, 0.1) is 13.1 Å². The Labute approximate surface area is 72.8 Å². The minimum Gasteiger partial charge on any atom is -0.334 e. The Morgan fingerprint density at radius 2 is 2.50 bits per heavy atom. The number of hydrogen-bond acceptors (Lipinski definition) is 2. The van der Waals surface area contributed by atoms with E-state index in [2.05, 4.69) is 16.2 Å². The molecule has 12 heavy (non-hydrogen) atoms. The van der Waals surface area contributed by atoms with Crippen LogP contribution in [0.15, 0.2) is 6.20 Å². The number of nitrogens with one attached hydrogen (secondary N) is 1. The fraction of sp³-hybridized carbons (Fsp3) is 0.444. The molecule has 0 atom stereocenters. The molecule has 64 valence electrons. The van der Waals surface area contributed by atoms with Crippen LogP contribution in [0.25, 0.3) is 0 Å². The topological polar surface area (TPSA) is 29.9 Å². The molecule has 0 saturated heterocycles. The lowest BCUT2D eigenvalue weighted by Gasteiger charge is -2.02. The summed E-state index contributed by atoms with van der Waals surface area (Å²) in [6, 6.07) is 0. The highest BCUT2D eigenvalue weighted by Crippen LogP contribution is 1.99. The van der Waals surface area contributed by atoms with E-state index in [0.717, 1.165) is 18.1 Å². The SMILES string of the molecule is C#CCNCc1ncc(C)n1C. The number of hydrogen-bond donors (Lipinski definition) is 1. The van der Waals surface area contributed by atoms with Crippen molar-refractivity contribution in [1.29, 1.82) is 0 Å². The highest BCUT2D eigenvalue weighted by molar-refractivity contribution is 5.02. The lowest BCUT2D eigenvalue weighted by Crippen LogP contribution is -2.16. The van der Waals surface area contributed by atoms with Crippen LogP contribution in [0.5, 0.6) is 0 Å². The minimum atomic E-state index is 0.589. The van der Waals surface area contributed by atoms with E-state index in [9.17, 15) is 0 Å². The molecule has 1 heterocycles. The van der Waals surface area contributed by atoms with Crippen molar-refractivity contribution in [2.75, 3.05) is 6.54 Å². The average Bonchev–Trinajstić information content (AvgIpc) is 2.36. The molecular formula is C9H13N3. The number of imidazole rings is 1. The summed E-state index contributed by atoms with van der Waals surface area (Å²) in [6.45, 7) is 3.35. The molecule has 3 nitrogen and oxygen atoms in total. The van der Waals surface area contributed by atoms with E-state index in [1.807, 2.05) is 24.7 Å². The van der Waals surface area contributed by atoms with Crippen LogP contribution in [-0.4, -0.2) is 16.1 Å². The van der Waals surface area contributed by atoms with Gasteiger partial charge in [0, 0.05) is 18.9 Å². The van der Waals surface area contributed by atoms with E-state index in [4.69, 9.17) is 6.42 Å². The van der Waals surface area contributed by atoms with Gasteiger partial charge in [0.25, 0.3) is 0 Å². The summed E-state index contributed by atoms with van der Waals surface area (Å²) in [5.74, 6) is 3.53. The summed E-state index contributed by atoms with van der Waals surface area (Å²) in [7, 11) is 2.00. The van der Waals surface area contributed by atoms with Crippen LogP contribution in [0, 0.1) is 19.3 Å². The van der Waals surface area contributed by atoms with Gasteiger partial charge in [0.1, 0.15) is 5.82 Å². The van der Waals surface area contributed by atoms with Crippen LogP contribution in [0.1, 0.15) is 11.5 Å². The maximum absolute atomic E-state index is 5.10. The molecule has 0 fully saturated rings. The Kier molecular flexibility index (Phi) is 2.89. The van der Waals surface area contributed by atoms with E-state index in [1.165, 1.54) is 0 Å². The Balaban J connectivity index is 2.53. The molecule has 0 radical (unpaired) electrons. The van der Waals surface area contributed by atoms with Crippen molar-refractivity contribution in [3.8, 4) is 12.3 Å². The van der Waals surface area contributed by atoms with Gasteiger partial charge in [0.2, 0.25) is 0 Å². The molecule has 0 aromatic carbocycles. The molecule has 0 saturated carbocycles. The van der Waals surface area contributed by atoms with Gasteiger partial charge in [-0.2, -0.15) is 0 Å². The summed E-state index contributed by atoms with van der Waals surface area (Å²) in [5, 5.41) is 3.09. The zero-order chi connectivity index (χ0) is 8.97. The van der Waals surface area contributed by atoms with Crippen LogP contribution in [-0.2, 0) is 13.6 Å². The lowest BCUT2D eigenvalue weighted by atomic mass is 10.5. The van der Waals surface area contributed by atoms with Gasteiger partial charge >= 0.3 is 0 Å². The second-order valence-electron chi connectivity index (χ2n) is 2.68. The molecule has 3 heteroatoms. The minimum absolute atomic E-state index is 0.589. The van der Waals surface area contributed by atoms with Crippen LogP contribution in [0.4, 0.5) is 0 Å². The summed E-state index contributed by atoms with van der Waals surface area (Å²) in [5.41, 5.74) is 1.16. The monoisotopic (exact) mass is 163 g/mol. The summed E-state index contributed by atoms with van der Waals surface area (Å²) >= 11 is 0. The van der Waals surface area contributed by atoms with Crippen molar-refractivity contribution >= 4 is 0 Å². The molecule has 1 aromatic rings. The first kappa shape index (κ1) is 8.82. The predicted molar refractivity (Wildman–Crippen MR) is 48.5 cm³/mol. The van der Waals surface area contributed by atoms with Gasteiger partial charge in [-0.15, -0.1) is 6.42 Å². The molecule has 0 bridgehead atoms. The number of aryl methyl sites for hydroxylation is 1. The zero-order valence-electron chi connectivity index (χ0n) is 7.46. The molecule has 0 spiro atoms. The third-order valence-electron chi connectivity index (χ3n) is 1.83. The standard InChI is InChI=1S/C9H13N3/c1-4-5-10-7-9-11-6-8(2)12(9)3/h1,6,10H,5,7H2,2-3H3. The van der Waals surface area contributed by atoms with Crippen molar-refractivity contribution in [3.05, 3.63) is 17.7 Å². The normalized spacial score (nSPS) is 9.75. The number of nitrogens with zero attached hydrogens (tertiary/aromatic N) is 2. The van der Waals surface area contributed by atoms with Crippen molar-refractivity contribution in [3.63, 3.8) is 0 Å². The number of terminal acetylenes is 1. The molecule has 0 aliphatic carbocycles. The molecule has 1 N–H and O–H groups in total. The van der Waals surface area contributed by atoms with Crippen molar-refractivity contribution < 1.29 is 0 Å². The highest BCUT2D eigenvalue weighted by Gasteiger charge is 2.00. The first-order chi connectivity index (χ1) is 5.75. The number of aromatic nitrogens is 2. The van der Waals surface area contributed by atoms with E-state index >= 15 is 0 Å². The average molecular weight is 163 g/mol. The first-order valence-electron chi connectivity index (χ1n) is 3.87. The lowest BCUT2D eigenvalue weighted by molar-refractivity contribution is 0.679. The van der Waals surface area contributed by atoms with Gasteiger partial charge in [0.15, 0.2) is 0 Å².